The molecule has 0 saturated carbocycles. The van der Waals surface area contributed by atoms with E-state index in [0.717, 1.165) is 5.56 Å². The molecular formula is C9H7N. The first-order valence-corrected chi connectivity index (χ1v) is 2.96. The molecule has 0 aromatic carbocycles. The van der Waals surface area contributed by atoms with Crippen molar-refractivity contribution in [2.45, 2.75) is 0 Å². The molecular weight excluding hydrogens is 122 g/mol. The van der Waals surface area contributed by atoms with Crippen LogP contribution in [0.5, 0.6) is 0 Å². The Balaban J connectivity index is 2.86. The first-order chi connectivity index (χ1) is 4.93. The normalized spacial score (nSPS) is 7.60. The fourth-order valence-electron chi connectivity index (χ4n) is 0.570. The van der Waals surface area contributed by atoms with Gasteiger partial charge in [-0.15, -0.1) is 0 Å². The van der Waals surface area contributed by atoms with Crippen molar-refractivity contribution in [3.8, 4) is 11.8 Å². The number of hydrogen-bond donors (Lipinski definition) is 0. The van der Waals surface area contributed by atoms with Crippen LogP contribution in [-0.2, 0) is 0 Å². The van der Waals surface area contributed by atoms with Gasteiger partial charge in [-0.05, 0) is 18.2 Å². The van der Waals surface area contributed by atoms with Gasteiger partial charge in [0.25, 0.3) is 0 Å². The molecule has 1 rings (SSSR count). The lowest BCUT2D eigenvalue weighted by molar-refractivity contribution is 1.32. The fourth-order valence-corrected chi connectivity index (χ4v) is 0.570. The zero-order valence-corrected chi connectivity index (χ0v) is 5.54. The monoisotopic (exact) mass is 129 g/mol. The van der Waals surface area contributed by atoms with E-state index in [0.29, 0.717) is 0 Å². The number of nitrogens with zero attached hydrogens (tertiary/aromatic N) is 1. The van der Waals surface area contributed by atoms with Gasteiger partial charge in [0, 0.05) is 18.0 Å². The second-order valence-corrected chi connectivity index (χ2v) is 1.71. The Bertz CT molecular complexity index is 264. The molecule has 0 unspecified atom stereocenters. The molecule has 0 amide bonds. The Morgan fingerprint density at radius 1 is 1.40 bits per heavy atom. The van der Waals surface area contributed by atoms with E-state index in [1.165, 1.54) is 0 Å². The summed E-state index contributed by atoms with van der Waals surface area (Å²) in [5.74, 6) is 5.64. The van der Waals surface area contributed by atoms with E-state index in [4.69, 9.17) is 0 Å². The van der Waals surface area contributed by atoms with Crippen LogP contribution in [0.25, 0.3) is 0 Å². The third-order valence-corrected chi connectivity index (χ3v) is 0.999. The lowest BCUT2D eigenvalue weighted by Gasteiger charge is -1.83. The third-order valence-electron chi connectivity index (χ3n) is 0.999. The van der Waals surface area contributed by atoms with Crippen LogP contribution in [-0.4, -0.2) is 4.98 Å². The van der Waals surface area contributed by atoms with Gasteiger partial charge in [-0.1, -0.05) is 18.4 Å². The molecule has 0 atom stereocenters. The molecule has 0 spiro atoms. The fraction of sp³-hybridized carbons (Fsp3) is 0. The maximum absolute atomic E-state index is 3.86. The van der Waals surface area contributed by atoms with E-state index >= 15 is 0 Å². The van der Waals surface area contributed by atoms with Gasteiger partial charge >= 0.3 is 0 Å². The lowest BCUT2D eigenvalue weighted by atomic mass is 10.3. The number of rotatable bonds is 0. The molecule has 0 aliphatic carbocycles. The van der Waals surface area contributed by atoms with Crippen molar-refractivity contribution < 1.29 is 0 Å². The van der Waals surface area contributed by atoms with Crippen LogP contribution in [0.2, 0.25) is 0 Å². The number of hydrogen-bond acceptors (Lipinski definition) is 1. The summed E-state index contributed by atoms with van der Waals surface area (Å²) >= 11 is 0. The molecule has 10 heavy (non-hydrogen) atoms. The first-order valence-electron chi connectivity index (χ1n) is 2.96. The van der Waals surface area contributed by atoms with Crippen LogP contribution in [0.4, 0.5) is 0 Å². The van der Waals surface area contributed by atoms with Gasteiger partial charge in [0.15, 0.2) is 0 Å². The van der Waals surface area contributed by atoms with Crippen LogP contribution in [0.3, 0.4) is 0 Å². The topological polar surface area (TPSA) is 12.9 Å². The van der Waals surface area contributed by atoms with Crippen LogP contribution in [0.1, 0.15) is 5.56 Å². The van der Waals surface area contributed by atoms with Crippen molar-refractivity contribution in [2.75, 3.05) is 0 Å². The first kappa shape index (κ1) is 6.57. The minimum Gasteiger partial charge on any atom is -0.265 e. The highest BCUT2D eigenvalue weighted by atomic mass is 14.6. The minimum absolute atomic E-state index is 0.968. The van der Waals surface area contributed by atoms with Gasteiger partial charge in [0.1, 0.15) is 0 Å². The summed E-state index contributed by atoms with van der Waals surface area (Å²) in [4.78, 5) is 3.86. The minimum atomic E-state index is 0.968. The maximum atomic E-state index is 3.86. The molecule has 0 aliphatic heterocycles. The molecule has 0 saturated heterocycles. The van der Waals surface area contributed by atoms with Gasteiger partial charge in [-0.2, -0.15) is 0 Å². The Hall–Kier alpha value is -1.55. The van der Waals surface area contributed by atoms with Crippen molar-refractivity contribution in [1.29, 1.82) is 0 Å². The van der Waals surface area contributed by atoms with Crippen LogP contribution in [0.15, 0.2) is 37.2 Å². The Kier molecular flexibility index (Phi) is 2.28. The molecule has 0 N–H and O–H groups in total. The van der Waals surface area contributed by atoms with E-state index in [2.05, 4.69) is 23.4 Å². The maximum Gasteiger partial charge on any atom is 0.0280 e. The average Bonchev–Trinajstić information content (AvgIpc) is 2.03. The molecule has 1 nitrogen and oxygen atoms in total. The standard InChI is InChI=1S/C9H7N/c1-2-3-4-9-5-7-10-8-6-9/h2,5-8H,1H2. The van der Waals surface area contributed by atoms with Crippen LogP contribution >= 0.6 is 0 Å². The molecule has 1 heteroatoms. The lowest BCUT2D eigenvalue weighted by Crippen LogP contribution is -1.72. The highest BCUT2D eigenvalue weighted by Crippen LogP contribution is 1.91. The van der Waals surface area contributed by atoms with Gasteiger partial charge in [0.05, 0.1) is 0 Å². The van der Waals surface area contributed by atoms with Crippen molar-refractivity contribution in [2.24, 2.45) is 0 Å². The summed E-state index contributed by atoms with van der Waals surface area (Å²) in [5.41, 5.74) is 0.968. The molecule has 0 bridgehead atoms. The molecule has 48 valence electrons. The quantitative estimate of drug-likeness (QED) is 0.485. The smallest absolute Gasteiger partial charge is 0.0280 e. The van der Waals surface area contributed by atoms with E-state index in [1.807, 2.05) is 12.1 Å². The average molecular weight is 129 g/mol. The molecule has 1 aromatic rings. The largest absolute Gasteiger partial charge is 0.265 e. The second kappa shape index (κ2) is 3.47. The highest BCUT2D eigenvalue weighted by molar-refractivity contribution is 5.34. The zero-order chi connectivity index (χ0) is 7.23. The van der Waals surface area contributed by atoms with E-state index in [9.17, 15) is 0 Å². The summed E-state index contributed by atoms with van der Waals surface area (Å²) in [6, 6.07) is 3.72. The van der Waals surface area contributed by atoms with Crippen LogP contribution in [0, 0.1) is 11.8 Å². The zero-order valence-electron chi connectivity index (χ0n) is 5.54. The Morgan fingerprint density at radius 2 is 2.10 bits per heavy atom. The molecule has 1 heterocycles. The summed E-state index contributed by atoms with van der Waals surface area (Å²) in [6.45, 7) is 3.49. The van der Waals surface area contributed by atoms with Crippen LogP contribution < -0.4 is 0 Å². The van der Waals surface area contributed by atoms with Crippen molar-refractivity contribution in [1.82, 2.24) is 4.98 Å². The van der Waals surface area contributed by atoms with Gasteiger partial charge < -0.3 is 0 Å². The summed E-state index contributed by atoms with van der Waals surface area (Å²) in [7, 11) is 0. The molecule has 0 fully saturated rings. The number of pyridine rings is 1. The van der Waals surface area contributed by atoms with E-state index in [1.54, 1.807) is 18.5 Å². The molecule has 1 aromatic heterocycles. The Morgan fingerprint density at radius 3 is 2.70 bits per heavy atom. The van der Waals surface area contributed by atoms with Gasteiger partial charge in [-0.3, -0.25) is 4.98 Å². The predicted molar refractivity (Wildman–Crippen MR) is 41.3 cm³/mol. The molecule has 0 aliphatic rings. The van der Waals surface area contributed by atoms with E-state index in [-0.39, 0.29) is 0 Å². The van der Waals surface area contributed by atoms with Crippen molar-refractivity contribution in [3.05, 3.63) is 42.7 Å². The number of allylic oxidation sites excluding steroid dienone is 1. The number of aromatic nitrogens is 1. The summed E-state index contributed by atoms with van der Waals surface area (Å²) in [6.07, 6.45) is 5.00. The Labute approximate surface area is 60.4 Å². The van der Waals surface area contributed by atoms with Gasteiger partial charge in [-0.25, -0.2) is 0 Å². The highest BCUT2D eigenvalue weighted by Gasteiger charge is 1.78. The summed E-state index contributed by atoms with van der Waals surface area (Å²) < 4.78 is 0. The predicted octanol–water partition coefficient (Wildman–Crippen LogP) is 1.62. The molecule has 0 radical (unpaired) electrons. The van der Waals surface area contributed by atoms with Crippen molar-refractivity contribution in [3.63, 3.8) is 0 Å². The van der Waals surface area contributed by atoms with Crippen molar-refractivity contribution >= 4 is 0 Å². The summed E-state index contributed by atoms with van der Waals surface area (Å²) in [5, 5.41) is 0. The van der Waals surface area contributed by atoms with Gasteiger partial charge in [0.2, 0.25) is 0 Å². The SMILES string of the molecule is C=CC#Cc1ccncc1. The van der Waals surface area contributed by atoms with E-state index < -0.39 is 0 Å². The third kappa shape index (κ3) is 1.75. The second-order valence-electron chi connectivity index (χ2n) is 1.71.